The van der Waals surface area contributed by atoms with E-state index in [2.05, 4.69) is 41.0 Å². The number of nitrogens with zero attached hydrogens (tertiary/aromatic N) is 2. The number of halogens is 1. The van der Waals surface area contributed by atoms with Crippen LogP contribution in [0.3, 0.4) is 0 Å². The molecule has 0 spiro atoms. The van der Waals surface area contributed by atoms with Crippen LogP contribution in [-0.4, -0.2) is 43.4 Å². The van der Waals surface area contributed by atoms with E-state index >= 15 is 0 Å². The van der Waals surface area contributed by atoms with Gasteiger partial charge in [0.15, 0.2) is 5.78 Å². The SMILES string of the molecule is CC1CN(CCN2CCC(C(=O)c3ccc(F)cc3)CC2)c2ccccc21. The molecular weight excluding hydrogens is 339 g/mol. The van der Waals surface area contributed by atoms with Crippen LogP contribution in [0, 0.1) is 11.7 Å². The summed E-state index contributed by atoms with van der Waals surface area (Å²) in [6.45, 7) is 7.39. The average molecular weight is 366 g/mol. The van der Waals surface area contributed by atoms with Crippen LogP contribution >= 0.6 is 0 Å². The molecule has 0 bridgehead atoms. The third-order valence-corrected chi connectivity index (χ3v) is 6.08. The summed E-state index contributed by atoms with van der Waals surface area (Å²) >= 11 is 0. The zero-order chi connectivity index (χ0) is 18.8. The second kappa shape index (κ2) is 7.81. The highest BCUT2D eigenvalue weighted by molar-refractivity contribution is 5.97. The number of para-hydroxylation sites is 1. The molecule has 2 aromatic rings. The number of rotatable bonds is 5. The number of fused-ring (bicyclic) bond motifs is 1. The van der Waals surface area contributed by atoms with Gasteiger partial charge in [0.25, 0.3) is 0 Å². The molecule has 0 N–H and O–H groups in total. The van der Waals surface area contributed by atoms with E-state index in [0.717, 1.165) is 45.6 Å². The van der Waals surface area contributed by atoms with Crippen LogP contribution in [-0.2, 0) is 0 Å². The molecule has 2 aliphatic rings. The third kappa shape index (κ3) is 3.91. The summed E-state index contributed by atoms with van der Waals surface area (Å²) in [7, 11) is 0. The normalized spacial score (nSPS) is 20.7. The molecule has 1 fully saturated rings. The van der Waals surface area contributed by atoms with E-state index in [9.17, 15) is 9.18 Å². The van der Waals surface area contributed by atoms with Crippen LogP contribution in [0.1, 0.15) is 41.6 Å². The minimum Gasteiger partial charge on any atom is -0.369 e. The van der Waals surface area contributed by atoms with Crippen LogP contribution < -0.4 is 4.90 Å². The largest absolute Gasteiger partial charge is 0.369 e. The quantitative estimate of drug-likeness (QED) is 0.735. The maximum Gasteiger partial charge on any atom is 0.166 e. The molecule has 0 amide bonds. The molecule has 2 aromatic carbocycles. The number of likely N-dealkylation sites (tertiary alicyclic amines) is 1. The average Bonchev–Trinajstić information content (AvgIpc) is 3.03. The molecule has 0 aromatic heterocycles. The van der Waals surface area contributed by atoms with Crippen molar-refractivity contribution in [1.82, 2.24) is 4.90 Å². The fourth-order valence-corrected chi connectivity index (χ4v) is 4.46. The number of benzene rings is 2. The summed E-state index contributed by atoms with van der Waals surface area (Å²) in [5.74, 6) is 0.538. The number of ketones is 1. The van der Waals surface area contributed by atoms with Gasteiger partial charge in [0, 0.05) is 42.7 Å². The maximum atomic E-state index is 13.1. The molecule has 2 aliphatic heterocycles. The lowest BCUT2D eigenvalue weighted by Gasteiger charge is -2.33. The molecule has 0 radical (unpaired) electrons. The number of carbonyl (C=O) groups excluding carboxylic acids is 1. The fraction of sp³-hybridized carbons (Fsp3) is 0.435. The number of anilines is 1. The van der Waals surface area contributed by atoms with E-state index in [0.29, 0.717) is 11.5 Å². The smallest absolute Gasteiger partial charge is 0.166 e. The van der Waals surface area contributed by atoms with Crippen LogP contribution in [0.25, 0.3) is 0 Å². The van der Waals surface area contributed by atoms with Crippen molar-refractivity contribution in [2.75, 3.05) is 37.6 Å². The molecule has 27 heavy (non-hydrogen) atoms. The summed E-state index contributed by atoms with van der Waals surface area (Å²) in [6.07, 6.45) is 1.78. The summed E-state index contributed by atoms with van der Waals surface area (Å²) in [6, 6.07) is 14.7. The van der Waals surface area contributed by atoms with E-state index in [1.807, 2.05) is 0 Å². The van der Waals surface area contributed by atoms with Crippen molar-refractivity contribution in [1.29, 1.82) is 0 Å². The van der Waals surface area contributed by atoms with Crippen molar-refractivity contribution >= 4 is 11.5 Å². The first-order valence-corrected chi connectivity index (χ1v) is 9.98. The van der Waals surface area contributed by atoms with Crippen molar-refractivity contribution in [3.05, 3.63) is 65.5 Å². The first kappa shape index (κ1) is 18.2. The standard InChI is InChI=1S/C23H27FN2O/c1-17-16-26(22-5-3-2-4-21(17)22)15-14-25-12-10-19(11-13-25)23(27)18-6-8-20(24)9-7-18/h2-9,17,19H,10-16H2,1H3. The van der Waals surface area contributed by atoms with Gasteiger partial charge in [-0.25, -0.2) is 4.39 Å². The highest BCUT2D eigenvalue weighted by Crippen LogP contribution is 2.35. The van der Waals surface area contributed by atoms with Gasteiger partial charge < -0.3 is 9.80 Å². The Morgan fingerprint density at radius 2 is 1.74 bits per heavy atom. The second-order valence-electron chi connectivity index (χ2n) is 7.89. The Balaban J connectivity index is 1.28. The van der Waals surface area contributed by atoms with Gasteiger partial charge in [-0.05, 0) is 61.8 Å². The summed E-state index contributed by atoms with van der Waals surface area (Å²) in [4.78, 5) is 17.6. The molecule has 4 heteroatoms. The first-order valence-electron chi connectivity index (χ1n) is 9.98. The lowest BCUT2D eigenvalue weighted by molar-refractivity contribution is 0.0842. The predicted octanol–water partition coefficient (Wildman–Crippen LogP) is 4.34. The van der Waals surface area contributed by atoms with Gasteiger partial charge in [-0.3, -0.25) is 4.79 Å². The number of Topliss-reactive ketones (excluding diaryl/α,β-unsaturated/α-hetero) is 1. The predicted molar refractivity (Wildman–Crippen MR) is 107 cm³/mol. The Morgan fingerprint density at radius 3 is 2.48 bits per heavy atom. The van der Waals surface area contributed by atoms with Gasteiger partial charge in [-0.2, -0.15) is 0 Å². The molecule has 3 nitrogen and oxygen atoms in total. The Labute approximate surface area is 160 Å². The lowest BCUT2D eigenvalue weighted by atomic mass is 9.89. The van der Waals surface area contributed by atoms with Crippen molar-refractivity contribution in [3.63, 3.8) is 0 Å². The van der Waals surface area contributed by atoms with Crippen molar-refractivity contribution in [2.45, 2.75) is 25.7 Å². The van der Waals surface area contributed by atoms with Gasteiger partial charge >= 0.3 is 0 Å². The van der Waals surface area contributed by atoms with E-state index in [1.165, 1.54) is 23.4 Å². The Hall–Kier alpha value is -2.20. The van der Waals surface area contributed by atoms with Gasteiger partial charge in [0.05, 0.1) is 0 Å². The molecule has 1 unspecified atom stereocenters. The monoisotopic (exact) mass is 366 g/mol. The Bertz CT molecular complexity index is 796. The minimum absolute atomic E-state index is 0.0687. The number of hydrogen-bond donors (Lipinski definition) is 0. The van der Waals surface area contributed by atoms with Gasteiger partial charge in [0.2, 0.25) is 0 Å². The summed E-state index contributed by atoms with van der Waals surface area (Å²) < 4.78 is 13.1. The molecular formula is C23H27FN2O. The third-order valence-electron chi connectivity index (χ3n) is 6.08. The maximum absolute atomic E-state index is 13.1. The van der Waals surface area contributed by atoms with Crippen molar-refractivity contribution in [3.8, 4) is 0 Å². The highest BCUT2D eigenvalue weighted by atomic mass is 19.1. The zero-order valence-electron chi connectivity index (χ0n) is 15.9. The second-order valence-corrected chi connectivity index (χ2v) is 7.89. The van der Waals surface area contributed by atoms with Gasteiger partial charge in [-0.15, -0.1) is 0 Å². The topological polar surface area (TPSA) is 23.6 Å². The fourth-order valence-electron chi connectivity index (χ4n) is 4.46. The lowest BCUT2D eigenvalue weighted by Crippen LogP contribution is -2.41. The summed E-state index contributed by atoms with van der Waals surface area (Å²) in [5, 5.41) is 0. The van der Waals surface area contributed by atoms with Crippen molar-refractivity contribution in [2.24, 2.45) is 5.92 Å². The van der Waals surface area contributed by atoms with E-state index in [1.54, 1.807) is 12.1 Å². The molecule has 2 heterocycles. The number of carbonyl (C=O) groups is 1. The van der Waals surface area contributed by atoms with Crippen LogP contribution in [0.4, 0.5) is 10.1 Å². The van der Waals surface area contributed by atoms with E-state index in [4.69, 9.17) is 0 Å². The van der Waals surface area contributed by atoms with Crippen LogP contribution in [0.5, 0.6) is 0 Å². The summed E-state index contributed by atoms with van der Waals surface area (Å²) in [5.41, 5.74) is 3.48. The molecule has 0 saturated carbocycles. The molecule has 0 aliphatic carbocycles. The van der Waals surface area contributed by atoms with E-state index < -0.39 is 0 Å². The molecule has 1 saturated heterocycles. The zero-order valence-corrected chi connectivity index (χ0v) is 15.9. The van der Waals surface area contributed by atoms with Crippen molar-refractivity contribution < 1.29 is 9.18 Å². The van der Waals surface area contributed by atoms with Crippen LogP contribution in [0.2, 0.25) is 0 Å². The number of hydrogen-bond acceptors (Lipinski definition) is 3. The van der Waals surface area contributed by atoms with Gasteiger partial charge in [-0.1, -0.05) is 25.1 Å². The Kier molecular flexibility index (Phi) is 5.26. The minimum atomic E-state index is -0.292. The first-order chi connectivity index (χ1) is 13.1. The highest BCUT2D eigenvalue weighted by Gasteiger charge is 2.28. The molecule has 1 atom stereocenters. The van der Waals surface area contributed by atoms with Crippen LogP contribution in [0.15, 0.2) is 48.5 Å². The number of piperidine rings is 1. The van der Waals surface area contributed by atoms with Gasteiger partial charge in [0.1, 0.15) is 5.82 Å². The van der Waals surface area contributed by atoms with E-state index in [-0.39, 0.29) is 17.5 Å². The molecule has 142 valence electrons. The molecule has 4 rings (SSSR count). The Morgan fingerprint density at radius 1 is 1.04 bits per heavy atom.